The van der Waals surface area contributed by atoms with Crippen LogP contribution in [0.15, 0.2) is 15.7 Å². The van der Waals surface area contributed by atoms with Gasteiger partial charge < -0.3 is 9.42 Å². The first kappa shape index (κ1) is 18.3. The molecule has 0 bridgehead atoms. The minimum absolute atomic E-state index is 0.130. The number of rotatable bonds is 6. The van der Waals surface area contributed by atoms with Crippen molar-refractivity contribution in [3.05, 3.63) is 11.8 Å². The van der Waals surface area contributed by atoms with Crippen LogP contribution in [0.3, 0.4) is 0 Å². The van der Waals surface area contributed by atoms with Crippen molar-refractivity contribution in [1.82, 2.24) is 19.9 Å². The molecule has 27 heavy (non-hydrogen) atoms. The summed E-state index contributed by atoms with van der Waals surface area (Å²) in [6, 6.07) is 2.17. The Labute approximate surface area is 163 Å². The van der Waals surface area contributed by atoms with Gasteiger partial charge in [-0.15, -0.1) is 10.2 Å². The van der Waals surface area contributed by atoms with Crippen molar-refractivity contribution in [2.24, 2.45) is 5.92 Å². The fourth-order valence-electron chi connectivity index (χ4n) is 3.28. The number of thioether (sulfide) groups is 1. The molecule has 2 aromatic rings. The van der Waals surface area contributed by atoms with Gasteiger partial charge in [0.2, 0.25) is 17.7 Å². The molecular weight excluding hydrogens is 364 g/mol. The van der Waals surface area contributed by atoms with Gasteiger partial charge in [-0.2, -0.15) is 0 Å². The van der Waals surface area contributed by atoms with Gasteiger partial charge in [0, 0.05) is 25.2 Å². The number of nitrogens with one attached hydrogen (secondary N) is 1. The van der Waals surface area contributed by atoms with Gasteiger partial charge >= 0.3 is 0 Å². The first-order valence-electron chi connectivity index (χ1n) is 9.62. The third-order valence-electron chi connectivity index (χ3n) is 5.15. The highest BCUT2D eigenvalue weighted by atomic mass is 32.2. The molecule has 0 radical (unpaired) electrons. The van der Waals surface area contributed by atoms with E-state index >= 15 is 0 Å². The van der Waals surface area contributed by atoms with Gasteiger partial charge in [0.1, 0.15) is 0 Å². The minimum atomic E-state index is -0.314. The third kappa shape index (κ3) is 4.12. The molecule has 8 nitrogen and oxygen atoms in total. The van der Waals surface area contributed by atoms with Crippen molar-refractivity contribution in [2.45, 2.75) is 62.9 Å². The number of carbonyl (C=O) groups is 1. The van der Waals surface area contributed by atoms with Gasteiger partial charge in [0.25, 0.3) is 0 Å². The molecule has 0 aromatic carbocycles. The van der Waals surface area contributed by atoms with Crippen LogP contribution in [0.25, 0.3) is 0 Å². The molecule has 1 N–H and O–H groups in total. The molecule has 1 saturated carbocycles. The Morgan fingerprint density at radius 1 is 1.30 bits per heavy atom. The summed E-state index contributed by atoms with van der Waals surface area (Å²) in [5.74, 6) is 1.98. The number of hydrogen-bond donors (Lipinski definition) is 1. The molecule has 1 aliphatic heterocycles. The molecule has 1 aliphatic carbocycles. The second kappa shape index (κ2) is 7.53. The van der Waals surface area contributed by atoms with Gasteiger partial charge in [-0.3, -0.25) is 14.7 Å². The first-order valence-corrected chi connectivity index (χ1v) is 10.5. The van der Waals surface area contributed by atoms with Crippen LogP contribution in [0, 0.1) is 12.8 Å². The fourth-order valence-corrected chi connectivity index (χ4v) is 4.20. The Hall–Kier alpha value is -2.03. The molecule has 1 saturated heterocycles. The van der Waals surface area contributed by atoms with Gasteiger partial charge in [-0.05, 0) is 45.4 Å². The number of anilines is 2. The van der Waals surface area contributed by atoms with Gasteiger partial charge in [0.05, 0.1) is 10.9 Å². The molecule has 2 fully saturated rings. The Morgan fingerprint density at radius 2 is 2.04 bits per heavy atom. The summed E-state index contributed by atoms with van der Waals surface area (Å²) < 4.78 is 7.31. The standard InChI is InChI=1S/C18H26N6O2S/c1-11-6-8-23(9-7-11)17-20-21-18(24(17)14-4-5-14)27-13(3)16(25)19-15-10-12(2)22-26-15/h10-11,13-14H,4-9H2,1-3H3,(H,19,25)/t13-/m0/s1. The minimum Gasteiger partial charge on any atom is -0.341 e. The lowest BCUT2D eigenvalue weighted by Crippen LogP contribution is -2.34. The van der Waals surface area contributed by atoms with Gasteiger partial charge in [-0.1, -0.05) is 23.8 Å². The number of hydrogen-bond acceptors (Lipinski definition) is 7. The Balaban J connectivity index is 1.46. The van der Waals surface area contributed by atoms with Crippen molar-refractivity contribution in [2.75, 3.05) is 23.3 Å². The van der Waals surface area contributed by atoms with Crippen LogP contribution in [0.1, 0.15) is 51.3 Å². The summed E-state index contributed by atoms with van der Waals surface area (Å²) in [7, 11) is 0. The topological polar surface area (TPSA) is 89.1 Å². The van der Waals surface area contributed by atoms with E-state index < -0.39 is 0 Å². The largest absolute Gasteiger partial charge is 0.341 e. The Morgan fingerprint density at radius 3 is 2.67 bits per heavy atom. The van der Waals surface area contributed by atoms with Crippen LogP contribution in [-0.4, -0.2) is 44.2 Å². The molecule has 0 spiro atoms. The zero-order valence-electron chi connectivity index (χ0n) is 16.0. The van der Waals surface area contributed by atoms with E-state index in [2.05, 4.69) is 37.1 Å². The monoisotopic (exact) mass is 390 g/mol. The smallest absolute Gasteiger partial charge is 0.240 e. The van der Waals surface area contributed by atoms with Crippen LogP contribution in [0.2, 0.25) is 0 Å². The summed E-state index contributed by atoms with van der Waals surface area (Å²) in [6.45, 7) is 8.05. The predicted molar refractivity (Wildman–Crippen MR) is 104 cm³/mol. The third-order valence-corrected chi connectivity index (χ3v) is 6.21. The summed E-state index contributed by atoms with van der Waals surface area (Å²) in [5.41, 5.74) is 0.736. The van der Waals surface area contributed by atoms with Crippen molar-refractivity contribution in [1.29, 1.82) is 0 Å². The van der Waals surface area contributed by atoms with Crippen LogP contribution in [0.4, 0.5) is 11.8 Å². The maximum Gasteiger partial charge on any atom is 0.240 e. The molecule has 3 heterocycles. The van der Waals surface area contributed by atoms with E-state index in [1.807, 2.05) is 13.8 Å². The van der Waals surface area contributed by atoms with E-state index in [1.54, 1.807) is 6.07 Å². The number of piperidine rings is 1. The number of carbonyl (C=O) groups excluding carboxylic acids is 1. The van der Waals surface area contributed by atoms with Crippen molar-refractivity contribution in [3.63, 3.8) is 0 Å². The highest BCUT2D eigenvalue weighted by molar-refractivity contribution is 8.00. The number of amides is 1. The van der Waals surface area contributed by atoms with E-state index in [4.69, 9.17) is 4.52 Å². The van der Waals surface area contributed by atoms with Crippen molar-refractivity contribution in [3.8, 4) is 0 Å². The maximum atomic E-state index is 12.5. The highest BCUT2D eigenvalue weighted by Gasteiger charge is 2.33. The van der Waals surface area contributed by atoms with Gasteiger partial charge in [-0.25, -0.2) is 0 Å². The summed E-state index contributed by atoms with van der Waals surface area (Å²) in [6.07, 6.45) is 4.69. The highest BCUT2D eigenvalue weighted by Crippen LogP contribution is 2.42. The summed E-state index contributed by atoms with van der Waals surface area (Å²) >= 11 is 1.45. The molecule has 4 rings (SSSR count). The lowest BCUT2D eigenvalue weighted by molar-refractivity contribution is -0.115. The SMILES string of the molecule is Cc1cc(NC(=O)[C@H](C)Sc2nnc(N3CCC(C)CC3)n2C2CC2)on1. The maximum absolute atomic E-state index is 12.5. The zero-order valence-corrected chi connectivity index (χ0v) is 16.8. The van der Waals surface area contributed by atoms with Crippen LogP contribution in [0.5, 0.6) is 0 Å². The van der Waals surface area contributed by atoms with E-state index in [0.717, 1.165) is 48.6 Å². The van der Waals surface area contributed by atoms with Gasteiger partial charge in [0.15, 0.2) is 5.16 Å². The summed E-state index contributed by atoms with van der Waals surface area (Å²) in [4.78, 5) is 14.8. The van der Waals surface area contributed by atoms with E-state index in [1.165, 1.54) is 24.6 Å². The van der Waals surface area contributed by atoms with Crippen LogP contribution in [-0.2, 0) is 4.79 Å². The van der Waals surface area contributed by atoms with Crippen LogP contribution < -0.4 is 10.2 Å². The second-order valence-electron chi connectivity index (χ2n) is 7.64. The second-order valence-corrected chi connectivity index (χ2v) is 8.94. The average Bonchev–Trinajstić information content (AvgIpc) is 3.28. The lowest BCUT2D eigenvalue weighted by Gasteiger charge is -2.31. The number of nitrogens with zero attached hydrogens (tertiary/aromatic N) is 5. The normalized spacial score (nSPS) is 19.3. The van der Waals surface area contributed by atoms with E-state index in [9.17, 15) is 4.79 Å². The van der Waals surface area contributed by atoms with Crippen molar-refractivity contribution >= 4 is 29.5 Å². The molecule has 146 valence electrons. The quantitative estimate of drug-likeness (QED) is 0.757. The molecule has 0 unspecified atom stereocenters. The number of aromatic nitrogens is 4. The van der Waals surface area contributed by atoms with E-state index in [-0.39, 0.29) is 11.2 Å². The predicted octanol–water partition coefficient (Wildman–Crippen LogP) is 3.27. The fraction of sp³-hybridized carbons (Fsp3) is 0.667. The van der Waals surface area contributed by atoms with Crippen molar-refractivity contribution < 1.29 is 9.32 Å². The molecule has 1 amide bonds. The molecule has 2 aliphatic rings. The molecular formula is C18H26N6O2S. The number of aryl methyl sites for hydroxylation is 1. The van der Waals surface area contributed by atoms with E-state index in [0.29, 0.717) is 11.9 Å². The zero-order chi connectivity index (χ0) is 19.0. The Bertz CT molecular complexity index is 807. The molecule has 2 aromatic heterocycles. The molecule has 9 heteroatoms. The lowest BCUT2D eigenvalue weighted by atomic mass is 10.00. The average molecular weight is 391 g/mol. The van der Waals surface area contributed by atoms with Crippen LogP contribution >= 0.6 is 11.8 Å². The molecule has 1 atom stereocenters. The Kier molecular flexibility index (Phi) is 5.12. The first-order chi connectivity index (χ1) is 13.0. The summed E-state index contributed by atoms with van der Waals surface area (Å²) in [5, 5.41) is 16.0.